The summed E-state index contributed by atoms with van der Waals surface area (Å²) in [7, 11) is -3.44. The van der Waals surface area contributed by atoms with Gasteiger partial charge in [0.05, 0.1) is 0 Å². The highest BCUT2D eigenvalue weighted by atomic mass is 32.2. The first-order chi connectivity index (χ1) is 9.11. The molecule has 0 amide bonds. The molecule has 0 aromatic carbocycles. The Morgan fingerprint density at radius 3 is 2.74 bits per heavy atom. The smallest absolute Gasteiger partial charge is 0.246 e. The molecule has 1 aromatic heterocycles. The van der Waals surface area contributed by atoms with Crippen LogP contribution in [0.2, 0.25) is 0 Å². The van der Waals surface area contributed by atoms with Gasteiger partial charge < -0.3 is 5.32 Å². The number of aromatic nitrogens is 1. The van der Waals surface area contributed by atoms with E-state index >= 15 is 0 Å². The van der Waals surface area contributed by atoms with Crippen molar-refractivity contribution in [1.29, 1.82) is 0 Å². The number of anilines is 1. The fraction of sp³-hybridized carbons (Fsp3) is 0.615. The van der Waals surface area contributed by atoms with Gasteiger partial charge in [0, 0.05) is 25.3 Å². The summed E-state index contributed by atoms with van der Waals surface area (Å²) in [5, 5.41) is 3.02. The molecule has 0 spiro atoms. The van der Waals surface area contributed by atoms with Gasteiger partial charge >= 0.3 is 0 Å². The van der Waals surface area contributed by atoms with E-state index < -0.39 is 10.0 Å². The van der Waals surface area contributed by atoms with E-state index in [1.165, 1.54) is 0 Å². The molecule has 0 saturated heterocycles. The maximum absolute atomic E-state index is 12.7. The molecular formula is C13H21N3O2S. The molecule has 0 radical (unpaired) electrons. The van der Waals surface area contributed by atoms with E-state index in [1.54, 1.807) is 22.6 Å². The monoisotopic (exact) mass is 283 g/mol. The van der Waals surface area contributed by atoms with Crippen LogP contribution < -0.4 is 5.32 Å². The van der Waals surface area contributed by atoms with Gasteiger partial charge in [-0.3, -0.25) is 0 Å². The molecule has 1 aromatic rings. The zero-order valence-electron chi connectivity index (χ0n) is 11.5. The Bertz CT molecular complexity index is 526. The van der Waals surface area contributed by atoms with Crippen molar-refractivity contribution < 1.29 is 8.42 Å². The average molecular weight is 283 g/mol. The SMILES string of the molecule is CCCN(C1CC1)S(=O)(=O)c1cccnc1NCC. The van der Waals surface area contributed by atoms with E-state index in [0.29, 0.717) is 18.9 Å². The van der Waals surface area contributed by atoms with E-state index in [2.05, 4.69) is 10.3 Å². The Kier molecular flexibility index (Phi) is 4.42. The molecule has 1 aliphatic carbocycles. The number of nitrogens with zero attached hydrogens (tertiary/aromatic N) is 2. The highest BCUT2D eigenvalue weighted by Gasteiger charge is 2.38. The quantitative estimate of drug-likeness (QED) is 0.832. The lowest BCUT2D eigenvalue weighted by Gasteiger charge is -2.22. The minimum atomic E-state index is -3.44. The Morgan fingerprint density at radius 1 is 1.42 bits per heavy atom. The highest BCUT2D eigenvalue weighted by molar-refractivity contribution is 7.89. The second-order valence-electron chi connectivity index (χ2n) is 4.73. The van der Waals surface area contributed by atoms with Gasteiger partial charge in [0.2, 0.25) is 10.0 Å². The maximum Gasteiger partial charge on any atom is 0.246 e. The first-order valence-electron chi connectivity index (χ1n) is 6.82. The van der Waals surface area contributed by atoms with Gasteiger partial charge in [0.1, 0.15) is 10.7 Å². The van der Waals surface area contributed by atoms with Crippen molar-refractivity contribution in [2.24, 2.45) is 0 Å². The summed E-state index contributed by atoms with van der Waals surface area (Å²) in [6.45, 7) is 5.15. The van der Waals surface area contributed by atoms with Crippen LogP contribution in [0.3, 0.4) is 0 Å². The van der Waals surface area contributed by atoms with Crippen molar-refractivity contribution in [3.8, 4) is 0 Å². The number of pyridine rings is 1. The second-order valence-corrected chi connectivity index (χ2v) is 6.59. The van der Waals surface area contributed by atoms with Crippen LogP contribution in [0.1, 0.15) is 33.1 Å². The molecule has 106 valence electrons. The van der Waals surface area contributed by atoms with Crippen molar-refractivity contribution >= 4 is 15.8 Å². The van der Waals surface area contributed by atoms with Gasteiger partial charge in [-0.05, 0) is 38.3 Å². The maximum atomic E-state index is 12.7. The number of rotatable bonds is 7. The van der Waals surface area contributed by atoms with Crippen LogP contribution in [0.25, 0.3) is 0 Å². The van der Waals surface area contributed by atoms with E-state index in [4.69, 9.17) is 0 Å². The lowest BCUT2D eigenvalue weighted by molar-refractivity contribution is 0.403. The van der Waals surface area contributed by atoms with Crippen molar-refractivity contribution in [3.63, 3.8) is 0 Å². The zero-order valence-corrected chi connectivity index (χ0v) is 12.3. The number of hydrogen-bond acceptors (Lipinski definition) is 4. The van der Waals surface area contributed by atoms with Crippen molar-refractivity contribution in [2.45, 2.75) is 44.0 Å². The summed E-state index contributed by atoms with van der Waals surface area (Å²) in [6, 6.07) is 3.48. The van der Waals surface area contributed by atoms with Gasteiger partial charge in [-0.15, -0.1) is 0 Å². The lowest BCUT2D eigenvalue weighted by Crippen LogP contribution is -2.34. The summed E-state index contributed by atoms with van der Waals surface area (Å²) < 4.78 is 27.1. The van der Waals surface area contributed by atoms with Crippen LogP contribution in [0, 0.1) is 0 Å². The molecular weight excluding hydrogens is 262 g/mol. The zero-order chi connectivity index (χ0) is 13.9. The first-order valence-corrected chi connectivity index (χ1v) is 8.26. The predicted molar refractivity (Wildman–Crippen MR) is 75.6 cm³/mol. The van der Waals surface area contributed by atoms with Gasteiger partial charge in [-0.1, -0.05) is 6.92 Å². The topological polar surface area (TPSA) is 62.3 Å². The van der Waals surface area contributed by atoms with Crippen molar-refractivity contribution in [2.75, 3.05) is 18.4 Å². The Morgan fingerprint density at radius 2 is 2.16 bits per heavy atom. The van der Waals surface area contributed by atoms with Gasteiger partial charge in [-0.25, -0.2) is 13.4 Å². The van der Waals surface area contributed by atoms with Crippen LogP contribution in [0.5, 0.6) is 0 Å². The summed E-state index contributed by atoms with van der Waals surface area (Å²) in [6.07, 6.45) is 4.37. The highest BCUT2D eigenvalue weighted by Crippen LogP contribution is 2.33. The lowest BCUT2D eigenvalue weighted by atomic mass is 10.4. The molecule has 19 heavy (non-hydrogen) atoms. The molecule has 0 aliphatic heterocycles. The summed E-state index contributed by atoms with van der Waals surface area (Å²) in [5.74, 6) is 0.451. The minimum Gasteiger partial charge on any atom is -0.369 e. The standard InChI is InChI=1S/C13H21N3O2S/c1-3-10-16(11-7-8-11)19(17,18)12-6-5-9-15-13(12)14-4-2/h5-6,9,11H,3-4,7-8,10H2,1-2H3,(H,14,15). The predicted octanol–water partition coefficient (Wildman–Crippen LogP) is 2.08. The fourth-order valence-electron chi connectivity index (χ4n) is 2.11. The molecule has 6 heteroatoms. The van der Waals surface area contributed by atoms with Gasteiger partial charge in [0.15, 0.2) is 0 Å². The molecule has 1 fully saturated rings. The third kappa shape index (κ3) is 3.06. The second kappa shape index (κ2) is 5.88. The molecule has 5 nitrogen and oxygen atoms in total. The third-order valence-corrected chi connectivity index (χ3v) is 5.08. The molecule has 0 atom stereocenters. The van der Waals surface area contributed by atoms with E-state index in [9.17, 15) is 8.42 Å². The third-order valence-electron chi connectivity index (χ3n) is 3.10. The fourth-order valence-corrected chi connectivity index (χ4v) is 4.01. The minimum absolute atomic E-state index is 0.180. The molecule has 0 bridgehead atoms. The largest absolute Gasteiger partial charge is 0.369 e. The summed E-state index contributed by atoms with van der Waals surface area (Å²) in [4.78, 5) is 4.43. The molecule has 2 rings (SSSR count). The Balaban J connectivity index is 2.37. The van der Waals surface area contributed by atoms with Crippen molar-refractivity contribution in [1.82, 2.24) is 9.29 Å². The summed E-state index contributed by atoms with van der Waals surface area (Å²) in [5.41, 5.74) is 0. The van der Waals surface area contributed by atoms with Gasteiger partial charge in [-0.2, -0.15) is 4.31 Å². The van der Waals surface area contributed by atoms with Crippen molar-refractivity contribution in [3.05, 3.63) is 18.3 Å². The number of nitrogens with one attached hydrogen (secondary N) is 1. The Hall–Kier alpha value is -1.14. The van der Waals surface area contributed by atoms with Crippen LogP contribution in [-0.2, 0) is 10.0 Å². The average Bonchev–Trinajstić information content (AvgIpc) is 3.21. The first kappa shape index (κ1) is 14.3. The molecule has 1 N–H and O–H groups in total. The van der Waals surface area contributed by atoms with Crippen LogP contribution in [0.15, 0.2) is 23.2 Å². The Labute approximate surface area is 115 Å². The number of sulfonamides is 1. The van der Waals surface area contributed by atoms with Gasteiger partial charge in [0.25, 0.3) is 0 Å². The molecule has 1 aliphatic rings. The number of hydrogen-bond donors (Lipinski definition) is 1. The molecule has 0 unspecified atom stereocenters. The van der Waals surface area contributed by atoms with E-state index in [1.807, 2.05) is 13.8 Å². The molecule has 1 saturated carbocycles. The van der Waals surface area contributed by atoms with Crippen LogP contribution in [-0.4, -0.2) is 36.8 Å². The molecule has 1 heterocycles. The normalized spacial score (nSPS) is 15.7. The van der Waals surface area contributed by atoms with Crippen LogP contribution >= 0.6 is 0 Å². The van der Waals surface area contributed by atoms with Crippen LogP contribution in [0.4, 0.5) is 5.82 Å². The van der Waals surface area contributed by atoms with E-state index in [-0.39, 0.29) is 10.9 Å². The summed E-state index contributed by atoms with van der Waals surface area (Å²) >= 11 is 0. The van der Waals surface area contributed by atoms with E-state index in [0.717, 1.165) is 19.3 Å².